The summed E-state index contributed by atoms with van der Waals surface area (Å²) in [7, 11) is 0. The van der Waals surface area contributed by atoms with Crippen LogP contribution in [0.4, 0.5) is 0 Å². The lowest BCUT2D eigenvalue weighted by molar-refractivity contribution is -0.220. The maximum absolute atomic E-state index is 13.3. The van der Waals surface area contributed by atoms with E-state index >= 15 is 0 Å². The summed E-state index contributed by atoms with van der Waals surface area (Å²) < 4.78 is 17.4. The number of carbonyl (C=O) groups excluding carboxylic acids is 4. The molecule has 4 aliphatic rings. The Morgan fingerprint density at radius 2 is 1.76 bits per heavy atom. The molecule has 0 aliphatic heterocycles. The fourth-order valence-corrected chi connectivity index (χ4v) is 7.66. The Hall–Kier alpha value is -2.52. The molecule has 0 saturated heterocycles. The molecule has 9 heteroatoms. The summed E-state index contributed by atoms with van der Waals surface area (Å²) in [6, 6.07) is -0.892. The van der Waals surface area contributed by atoms with Crippen molar-refractivity contribution in [3.8, 4) is 0 Å². The number of allylic oxidation sites excluding steroid dienone is 1. The third-order valence-corrected chi connectivity index (χ3v) is 9.69. The van der Waals surface area contributed by atoms with E-state index in [-0.39, 0.29) is 18.3 Å². The number of ketones is 1. The summed E-state index contributed by atoms with van der Waals surface area (Å²) in [6.07, 6.45) is 3.07. The normalized spacial score (nSPS) is 39.5. The van der Waals surface area contributed by atoms with Gasteiger partial charge in [-0.25, -0.2) is 0 Å². The molecule has 4 aliphatic carbocycles. The van der Waals surface area contributed by atoms with Crippen molar-refractivity contribution in [2.75, 3.05) is 6.61 Å². The first-order valence-corrected chi connectivity index (χ1v) is 13.4. The lowest BCUT2D eigenvalue weighted by atomic mass is 9.59. The van der Waals surface area contributed by atoms with Crippen LogP contribution in [0.1, 0.15) is 61.8 Å². The largest absolute Gasteiger partial charge is 0.461 e. The van der Waals surface area contributed by atoms with Crippen molar-refractivity contribution in [2.24, 2.45) is 46.7 Å². The van der Waals surface area contributed by atoms with E-state index in [2.05, 4.69) is 0 Å². The minimum Gasteiger partial charge on any atom is -0.461 e. The van der Waals surface area contributed by atoms with Gasteiger partial charge < -0.3 is 25.1 Å². The lowest BCUT2D eigenvalue weighted by Gasteiger charge is -2.52. The van der Waals surface area contributed by atoms with Gasteiger partial charge in [-0.2, -0.15) is 0 Å². The van der Waals surface area contributed by atoms with Crippen molar-refractivity contribution in [3.63, 3.8) is 0 Å². The molecule has 0 radical (unpaired) electrons. The highest BCUT2D eigenvalue weighted by Gasteiger charge is 2.87. The zero-order chi connectivity index (χ0) is 28.5. The van der Waals surface area contributed by atoms with Crippen molar-refractivity contribution in [1.82, 2.24) is 0 Å². The molecule has 0 aromatic carbocycles. The van der Waals surface area contributed by atoms with Crippen LogP contribution >= 0.6 is 0 Å². The number of esters is 3. The lowest BCUT2D eigenvalue weighted by Crippen LogP contribution is -2.64. The summed E-state index contributed by atoms with van der Waals surface area (Å²) in [5.74, 6) is -4.66. The predicted molar refractivity (Wildman–Crippen MR) is 137 cm³/mol. The maximum Gasteiger partial charge on any atom is 0.323 e. The molecule has 9 nitrogen and oxygen atoms in total. The molecule has 210 valence electrons. The first kappa shape index (κ1) is 28.5. The van der Waals surface area contributed by atoms with E-state index < -0.39 is 76.3 Å². The van der Waals surface area contributed by atoms with E-state index in [0.717, 1.165) is 5.57 Å². The molecular weight excluding hydrogens is 490 g/mol. The molecule has 4 rings (SSSR count). The van der Waals surface area contributed by atoms with Crippen LogP contribution in [0.3, 0.4) is 0 Å². The smallest absolute Gasteiger partial charge is 0.323 e. The summed E-state index contributed by atoms with van der Waals surface area (Å²) in [5, 5.41) is 12.7. The predicted octanol–water partition coefficient (Wildman–Crippen LogP) is 2.49. The highest BCUT2D eigenvalue weighted by molar-refractivity contribution is 6.00. The second kappa shape index (κ2) is 9.30. The topological polar surface area (TPSA) is 142 Å². The van der Waals surface area contributed by atoms with Crippen LogP contribution in [-0.2, 0) is 33.4 Å². The Morgan fingerprint density at radius 3 is 2.32 bits per heavy atom. The van der Waals surface area contributed by atoms with E-state index in [1.54, 1.807) is 13.8 Å². The van der Waals surface area contributed by atoms with E-state index in [4.69, 9.17) is 19.9 Å². The van der Waals surface area contributed by atoms with Crippen molar-refractivity contribution in [2.45, 2.75) is 85.2 Å². The fourth-order valence-electron chi connectivity index (χ4n) is 7.66. The summed E-state index contributed by atoms with van der Waals surface area (Å²) >= 11 is 0. The van der Waals surface area contributed by atoms with Gasteiger partial charge in [-0.1, -0.05) is 46.8 Å². The van der Waals surface area contributed by atoms with Gasteiger partial charge in [0.15, 0.2) is 11.4 Å². The first-order valence-electron chi connectivity index (χ1n) is 13.4. The molecule has 3 N–H and O–H groups in total. The summed E-state index contributed by atoms with van der Waals surface area (Å²) in [6.45, 7) is 13.7. The van der Waals surface area contributed by atoms with Crippen molar-refractivity contribution in [3.05, 3.63) is 23.3 Å². The monoisotopic (exact) mass is 531 g/mol. The molecule has 0 aromatic rings. The third kappa shape index (κ3) is 3.96. The van der Waals surface area contributed by atoms with Gasteiger partial charge in [-0.15, -0.1) is 0 Å². The molecule has 38 heavy (non-hydrogen) atoms. The number of rotatable bonds is 6. The van der Waals surface area contributed by atoms with Gasteiger partial charge in [0.05, 0.1) is 5.60 Å². The number of fused-ring (bicyclic) bond motifs is 5. The average Bonchev–Trinajstić information content (AvgIpc) is 3.20. The molecular formula is C29H41NO8. The Labute approximate surface area is 224 Å². The van der Waals surface area contributed by atoms with Crippen molar-refractivity contribution < 1.29 is 38.5 Å². The van der Waals surface area contributed by atoms with Crippen LogP contribution in [0.25, 0.3) is 0 Å². The quantitative estimate of drug-likeness (QED) is 0.300. The molecule has 0 aromatic heterocycles. The number of hydrogen-bond acceptors (Lipinski definition) is 9. The molecule has 0 heterocycles. The molecule has 0 amide bonds. The Morgan fingerprint density at radius 1 is 1.13 bits per heavy atom. The molecule has 0 bridgehead atoms. The van der Waals surface area contributed by atoms with Crippen LogP contribution in [0.2, 0.25) is 0 Å². The van der Waals surface area contributed by atoms with Crippen molar-refractivity contribution in [1.29, 1.82) is 0 Å². The first-order chi connectivity index (χ1) is 17.5. The zero-order valence-corrected chi connectivity index (χ0v) is 23.6. The second-order valence-corrected chi connectivity index (χ2v) is 12.6. The number of aliphatic hydroxyl groups is 1. The number of carbonyl (C=O) groups is 4. The highest BCUT2D eigenvalue weighted by atomic mass is 16.6. The minimum absolute atomic E-state index is 0.00120. The van der Waals surface area contributed by atoms with Gasteiger partial charge in [-0.05, 0) is 30.4 Å². The number of hydrogen-bond donors (Lipinski definition) is 2. The van der Waals surface area contributed by atoms with Gasteiger partial charge in [0, 0.05) is 48.9 Å². The Balaban J connectivity index is 1.89. The van der Waals surface area contributed by atoms with E-state index in [9.17, 15) is 24.3 Å². The second-order valence-electron chi connectivity index (χ2n) is 12.6. The summed E-state index contributed by atoms with van der Waals surface area (Å²) in [4.78, 5) is 50.5. The van der Waals surface area contributed by atoms with Gasteiger partial charge in [-0.3, -0.25) is 19.2 Å². The fraction of sp³-hybridized carbons (Fsp3) is 0.724. The van der Waals surface area contributed by atoms with Crippen LogP contribution in [0.5, 0.6) is 0 Å². The molecule has 2 saturated carbocycles. The number of Topliss-reactive ketones (excluding diaryl/α,β-unsaturated/α-hetero) is 1. The van der Waals surface area contributed by atoms with Gasteiger partial charge in [0.1, 0.15) is 18.8 Å². The zero-order valence-electron chi connectivity index (χ0n) is 23.6. The van der Waals surface area contributed by atoms with Crippen LogP contribution in [-0.4, -0.2) is 58.8 Å². The maximum atomic E-state index is 13.3. The van der Waals surface area contributed by atoms with E-state index in [0.29, 0.717) is 12.0 Å². The summed E-state index contributed by atoms with van der Waals surface area (Å²) in [5.41, 5.74) is 4.04. The van der Waals surface area contributed by atoms with Gasteiger partial charge in [0.2, 0.25) is 0 Å². The Kier molecular flexibility index (Phi) is 6.97. The minimum atomic E-state index is -1.51. The molecule has 2 fully saturated rings. The van der Waals surface area contributed by atoms with Crippen LogP contribution in [0, 0.1) is 40.9 Å². The number of nitrogens with two attached hydrogens (primary N) is 1. The van der Waals surface area contributed by atoms with Gasteiger partial charge >= 0.3 is 17.9 Å². The number of ether oxygens (including phenoxy) is 3. The standard InChI is InChI=1S/C29H41NO8/c1-13(2)22(30)26(34)37-25-15(4)28(35)20-9-14(3)23(33)19(20)10-18(12-36-16(5)31)11-21(28)24-27(7,8)29(24,25)38-17(6)32/h9,11,13,15,19-22,24-25,35H,10,12,30H2,1-8H3/t15-,19-,20-,21+,22+,24-,25-,28+,29-/m1/s1. The molecule has 0 unspecified atom stereocenters. The third-order valence-electron chi connectivity index (χ3n) is 9.69. The molecule has 0 spiro atoms. The molecule has 9 atom stereocenters. The highest BCUT2D eigenvalue weighted by Crippen LogP contribution is 2.77. The van der Waals surface area contributed by atoms with Crippen LogP contribution in [0.15, 0.2) is 23.3 Å². The van der Waals surface area contributed by atoms with Gasteiger partial charge in [0.25, 0.3) is 0 Å². The van der Waals surface area contributed by atoms with E-state index in [1.807, 2.05) is 39.8 Å². The Bertz CT molecular complexity index is 1120. The average molecular weight is 532 g/mol. The van der Waals surface area contributed by atoms with Crippen LogP contribution < -0.4 is 5.73 Å². The SMILES string of the molecule is CC(=O)OCC1=C[C@H]2[C@@H]3C(C)(C)[C@]3(OC(C)=O)[C@H](OC(=O)[C@@H](N)C(C)C)[C@@H](C)[C@]2(O)[C@@H]2C=C(C)C(=O)[C@@H]2C1. The van der Waals surface area contributed by atoms with E-state index in [1.165, 1.54) is 13.8 Å². The van der Waals surface area contributed by atoms with Crippen molar-refractivity contribution >= 4 is 23.7 Å².